The van der Waals surface area contributed by atoms with Crippen molar-refractivity contribution in [2.75, 3.05) is 25.6 Å². The fraction of sp³-hybridized carbons (Fsp3) is 0.333. The van der Waals surface area contributed by atoms with Gasteiger partial charge in [0.15, 0.2) is 0 Å². The Morgan fingerprint density at radius 1 is 1.29 bits per heavy atom. The summed E-state index contributed by atoms with van der Waals surface area (Å²) >= 11 is 0. The average Bonchev–Trinajstić information content (AvgIpc) is 2.39. The second-order valence-electron chi connectivity index (χ2n) is 3.84. The van der Waals surface area contributed by atoms with Crippen LogP contribution in [0, 0.1) is 5.82 Å². The van der Waals surface area contributed by atoms with Crippen LogP contribution in [-0.2, 0) is 14.3 Å². The molecule has 0 fully saturated rings. The lowest BCUT2D eigenvalue weighted by Gasteiger charge is -2.09. The Balaban J connectivity index is 2.65. The SMILES string of the molecule is COC(=O)c1ccc(F)c(NC(=O)COCC(F)(F)F)c1. The van der Waals surface area contributed by atoms with Crippen molar-refractivity contribution in [1.82, 2.24) is 0 Å². The van der Waals surface area contributed by atoms with Crippen LogP contribution < -0.4 is 5.32 Å². The quantitative estimate of drug-likeness (QED) is 0.668. The predicted octanol–water partition coefficient (Wildman–Crippen LogP) is 2.13. The first-order valence-corrected chi connectivity index (χ1v) is 5.55. The van der Waals surface area contributed by atoms with Gasteiger partial charge in [0, 0.05) is 0 Å². The molecule has 0 radical (unpaired) electrons. The van der Waals surface area contributed by atoms with Crippen molar-refractivity contribution in [3.8, 4) is 0 Å². The third-order valence-corrected chi connectivity index (χ3v) is 2.16. The summed E-state index contributed by atoms with van der Waals surface area (Å²) in [5, 5.41) is 2.00. The summed E-state index contributed by atoms with van der Waals surface area (Å²) in [7, 11) is 1.12. The summed E-state index contributed by atoms with van der Waals surface area (Å²) in [6, 6.07) is 3.05. The van der Waals surface area contributed by atoms with Gasteiger partial charge in [-0.05, 0) is 18.2 Å². The standard InChI is InChI=1S/C12H11F4NO4/c1-20-11(19)7-2-3-8(13)9(4-7)17-10(18)5-21-6-12(14,15)16/h2-4H,5-6H2,1H3,(H,17,18). The van der Waals surface area contributed by atoms with E-state index in [9.17, 15) is 27.2 Å². The number of carbonyl (C=O) groups is 2. The maximum absolute atomic E-state index is 13.4. The molecule has 1 aromatic rings. The van der Waals surface area contributed by atoms with Crippen LogP contribution >= 0.6 is 0 Å². The Morgan fingerprint density at radius 3 is 2.52 bits per heavy atom. The number of alkyl halides is 3. The van der Waals surface area contributed by atoms with Crippen molar-refractivity contribution >= 4 is 17.6 Å². The highest BCUT2D eigenvalue weighted by atomic mass is 19.4. The number of carbonyl (C=O) groups excluding carboxylic acids is 2. The topological polar surface area (TPSA) is 64.6 Å². The average molecular weight is 309 g/mol. The number of esters is 1. The van der Waals surface area contributed by atoms with E-state index in [0.717, 1.165) is 25.3 Å². The Labute approximate surface area is 116 Å². The molecule has 0 aliphatic rings. The van der Waals surface area contributed by atoms with E-state index < -0.39 is 37.1 Å². The Bertz CT molecular complexity index is 530. The second kappa shape index (κ2) is 7.02. The van der Waals surface area contributed by atoms with E-state index in [1.54, 1.807) is 0 Å². The highest BCUT2D eigenvalue weighted by Gasteiger charge is 2.27. The highest BCUT2D eigenvalue weighted by molar-refractivity contribution is 5.95. The number of nitrogens with one attached hydrogen (secondary N) is 1. The Hall–Kier alpha value is -2.16. The van der Waals surface area contributed by atoms with Gasteiger partial charge in [0.2, 0.25) is 5.91 Å². The van der Waals surface area contributed by atoms with Gasteiger partial charge in [-0.2, -0.15) is 13.2 Å². The van der Waals surface area contributed by atoms with Crippen molar-refractivity contribution in [3.05, 3.63) is 29.6 Å². The normalized spacial score (nSPS) is 11.1. The summed E-state index contributed by atoms with van der Waals surface area (Å²) < 4.78 is 57.4. The molecule has 0 aromatic heterocycles. The predicted molar refractivity (Wildman–Crippen MR) is 63.2 cm³/mol. The fourth-order valence-corrected chi connectivity index (χ4v) is 1.31. The third kappa shape index (κ3) is 5.78. The molecule has 1 aromatic carbocycles. The monoisotopic (exact) mass is 309 g/mol. The minimum Gasteiger partial charge on any atom is -0.465 e. The molecule has 0 aliphatic heterocycles. The molecule has 1 N–H and O–H groups in total. The lowest BCUT2D eigenvalue weighted by molar-refractivity contribution is -0.174. The molecule has 0 saturated carbocycles. The van der Waals surface area contributed by atoms with Crippen LogP contribution in [-0.4, -0.2) is 38.4 Å². The first-order chi connectivity index (χ1) is 9.73. The van der Waals surface area contributed by atoms with Crippen LogP contribution in [0.25, 0.3) is 0 Å². The minimum atomic E-state index is -4.56. The largest absolute Gasteiger partial charge is 0.465 e. The summed E-state index contributed by atoms with van der Waals surface area (Å²) in [6.07, 6.45) is -4.56. The van der Waals surface area contributed by atoms with Gasteiger partial charge in [0.1, 0.15) is 19.0 Å². The lowest BCUT2D eigenvalue weighted by Crippen LogP contribution is -2.24. The highest BCUT2D eigenvalue weighted by Crippen LogP contribution is 2.17. The van der Waals surface area contributed by atoms with Gasteiger partial charge in [0.05, 0.1) is 18.4 Å². The zero-order valence-electron chi connectivity index (χ0n) is 10.8. The van der Waals surface area contributed by atoms with Gasteiger partial charge >= 0.3 is 12.1 Å². The summed E-state index contributed by atoms with van der Waals surface area (Å²) in [4.78, 5) is 22.6. The number of halogens is 4. The molecule has 0 spiro atoms. The van der Waals surface area contributed by atoms with E-state index in [1.807, 2.05) is 5.32 Å². The van der Waals surface area contributed by atoms with Crippen molar-refractivity contribution in [1.29, 1.82) is 0 Å². The van der Waals surface area contributed by atoms with E-state index in [4.69, 9.17) is 0 Å². The van der Waals surface area contributed by atoms with Crippen LogP contribution in [0.1, 0.15) is 10.4 Å². The van der Waals surface area contributed by atoms with E-state index in [1.165, 1.54) is 0 Å². The molecule has 1 rings (SSSR count). The first-order valence-electron chi connectivity index (χ1n) is 5.55. The molecule has 0 aliphatic carbocycles. The molecule has 0 bridgehead atoms. The van der Waals surface area contributed by atoms with Gasteiger partial charge < -0.3 is 14.8 Å². The second-order valence-corrected chi connectivity index (χ2v) is 3.84. The van der Waals surface area contributed by atoms with Gasteiger partial charge in [-0.15, -0.1) is 0 Å². The van der Waals surface area contributed by atoms with Gasteiger partial charge in [-0.25, -0.2) is 9.18 Å². The number of hydrogen-bond acceptors (Lipinski definition) is 4. The van der Waals surface area contributed by atoms with E-state index in [2.05, 4.69) is 9.47 Å². The van der Waals surface area contributed by atoms with Gasteiger partial charge in [0.25, 0.3) is 0 Å². The summed E-state index contributed by atoms with van der Waals surface area (Å²) in [6.45, 7) is -2.49. The zero-order chi connectivity index (χ0) is 16.0. The third-order valence-electron chi connectivity index (χ3n) is 2.16. The molecule has 21 heavy (non-hydrogen) atoms. The number of benzene rings is 1. The Kier molecular flexibility index (Phi) is 5.65. The molecule has 9 heteroatoms. The number of methoxy groups -OCH3 is 1. The van der Waals surface area contributed by atoms with Crippen LogP contribution in [0.4, 0.5) is 23.2 Å². The molecular weight excluding hydrogens is 298 g/mol. The number of anilines is 1. The zero-order valence-corrected chi connectivity index (χ0v) is 10.8. The molecule has 5 nitrogen and oxygen atoms in total. The van der Waals surface area contributed by atoms with E-state index in [-0.39, 0.29) is 11.3 Å². The van der Waals surface area contributed by atoms with Crippen molar-refractivity contribution in [2.45, 2.75) is 6.18 Å². The number of hydrogen-bond donors (Lipinski definition) is 1. The minimum absolute atomic E-state index is 0.0228. The van der Waals surface area contributed by atoms with Crippen molar-refractivity contribution in [3.63, 3.8) is 0 Å². The molecule has 0 saturated heterocycles. The summed E-state index contributed by atoms with van der Waals surface area (Å²) in [5.74, 6) is -2.59. The van der Waals surface area contributed by atoms with Gasteiger partial charge in [-0.1, -0.05) is 0 Å². The Morgan fingerprint density at radius 2 is 1.95 bits per heavy atom. The van der Waals surface area contributed by atoms with E-state index >= 15 is 0 Å². The smallest absolute Gasteiger partial charge is 0.411 e. The number of rotatable bonds is 5. The van der Waals surface area contributed by atoms with E-state index in [0.29, 0.717) is 0 Å². The molecule has 1 amide bonds. The fourth-order valence-electron chi connectivity index (χ4n) is 1.31. The van der Waals surface area contributed by atoms with Gasteiger partial charge in [-0.3, -0.25) is 4.79 Å². The summed E-state index contributed by atoms with van der Waals surface area (Å²) in [5.41, 5.74) is -0.385. The molecular formula is C12H11F4NO4. The maximum atomic E-state index is 13.4. The van der Waals surface area contributed by atoms with Crippen molar-refractivity contribution in [2.24, 2.45) is 0 Å². The van der Waals surface area contributed by atoms with Crippen LogP contribution in [0.3, 0.4) is 0 Å². The van der Waals surface area contributed by atoms with Crippen LogP contribution in [0.15, 0.2) is 18.2 Å². The van der Waals surface area contributed by atoms with Crippen LogP contribution in [0.5, 0.6) is 0 Å². The molecule has 0 heterocycles. The molecule has 0 unspecified atom stereocenters. The first kappa shape index (κ1) is 16.9. The lowest BCUT2D eigenvalue weighted by atomic mass is 10.2. The maximum Gasteiger partial charge on any atom is 0.411 e. The van der Waals surface area contributed by atoms with Crippen LogP contribution in [0.2, 0.25) is 0 Å². The van der Waals surface area contributed by atoms with Crippen molar-refractivity contribution < 1.29 is 36.6 Å². The number of amides is 1. The number of ether oxygens (including phenoxy) is 2. The molecule has 0 atom stereocenters. The molecule has 116 valence electrons.